The molecule has 4 aromatic rings. The Bertz CT molecular complexity index is 1120. The Kier molecular flexibility index (Phi) is 4.94. The van der Waals surface area contributed by atoms with Crippen LogP contribution in [0.1, 0.15) is 38.3 Å². The topological polar surface area (TPSA) is 37.9 Å². The summed E-state index contributed by atoms with van der Waals surface area (Å²) < 4.78 is 5.29. The number of nitrogens with one attached hydrogen (secondary N) is 1. The van der Waals surface area contributed by atoms with Crippen molar-refractivity contribution in [1.29, 1.82) is 0 Å². The molecule has 0 aliphatic heterocycles. The third-order valence-electron chi connectivity index (χ3n) is 5.40. The molecule has 0 atom stereocenters. The van der Waals surface area contributed by atoms with Crippen molar-refractivity contribution in [3.05, 3.63) is 65.9 Å². The number of hydrogen-bond acceptors (Lipinski definition) is 2. The SMILES string of the molecule is COCCCc1cc2cc(C(C)(C)C)ccc2nc1-c1cccc2[nH]ccc12. The maximum atomic E-state index is 5.29. The van der Waals surface area contributed by atoms with Crippen LogP contribution in [-0.2, 0) is 16.6 Å². The fourth-order valence-corrected chi connectivity index (χ4v) is 3.81. The van der Waals surface area contributed by atoms with Crippen LogP contribution in [0.15, 0.2) is 54.7 Å². The number of aryl methyl sites for hydroxylation is 1. The average molecular weight is 373 g/mol. The van der Waals surface area contributed by atoms with Gasteiger partial charge in [-0.25, -0.2) is 4.98 Å². The maximum absolute atomic E-state index is 5.29. The number of hydrogen-bond donors (Lipinski definition) is 1. The molecule has 2 aromatic heterocycles. The highest BCUT2D eigenvalue weighted by Crippen LogP contribution is 2.33. The van der Waals surface area contributed by atoms with Gasteiger partial charge >= 0.3 is 0 Å². The van der Waals surface area contributed by atoms with Gasteiger partial charge in [-0.1, -0.05) is 39.0 Å². The molecular formula is C25H28N2O. The summed E-state index contributed by atoms with van der Waals surface area (Å²) in [7, 11) is 1.76. The van der Waals surface area contributed by atoms with Crippen molar-refractivity contribution in [2.24, 2.45) is 0 Å². The van der Waals surface area contributed by atoms with Crippen molar-refractivity contribution in [1.82, 2.24) is 9.97 Å². The van der Waals surface area contributed by atoms with Crippen LogP contribution in [0.25, 0.3) is 33.1 Å². The highest BCUT2D eigenvalue weighted by Gasteiger charge is 2.16. The Hall–Kier alpha value is -2.65. The zero-order chi connectivity index (χ0) is 19.7. The molecule has 144 valence electrons. The molecule has 0 saturated carbocycles. The van der Waals surface area contributed by atoms with E-state index >= 15 is 0 Å². The van der Waals surface area contributed by atoms with E-state index in [4.69, 9.17) is 9.72 Å². The van der Waals surface area contributed by atoms with Crippen LogP contribution < -0.4 is 0 Å². The van der Waals surface area contributed by atoms with Gasteiger partial charge in [0.05, 0.1) is 11.2 Å². The zero-order valence-electron chi connectivity index (χ0n) is 17.2. The number of rotatable bonds is 5. The average Bonchev–Trinajstić information content (AvgIpc) is 3.15. The van der Waals surface area contributed by atoms with E-state index in [1.807, 2.05) is 6.20 Å². The van der Waals surface area contributed by atoms with Gasteiger partial charge in [0.15, 0.2) is 0 Å². The van der Waals surface area contributed by atoms with Crippen LogP contribution in [0.5, 0.6) is 0 Å². The highest BCUT2D eigenvalue weighted by molar-refractivity contribution is 5.96. The van der Waals surface area contributed by atoms with Crippen molar-refractivity contribution in [2.45, 2.75) is 39.0 Å². The molecule has 0 spiro atoms. The Morgan fingerprint density at radius 1 is 1.04 bits per heavy atom. The van der Waals surface area contributed by atoms with Crippen molar-refractivity contribution >= 4 is 21.8 Å². The Morgan fingerprint density at radius 3 is 2.68 bits per heavy atom. The summed E-state index contributed by atoms with van der Waals surface area (Å²) in [5.41, 5.74) is 7.20. The van der Waals surface area contributed by atoms with E-state index in [0.717, 1.165) is 36.2 Å². The molecule has 2 heterocycles. The normalized spacial score (nSPS) is 12.1. The standard InChI is InChI=1S/C25H28N2O/c1-25(2,3)19-10-11-22-18(16-19)15-17(7-6-14-28-4)24(27-22)21-8-5-9-23-20(21)12-13-26-23/h5,8-13,15-16,26H,6-7,14H2,1-4H3. The third kappa shape index (κ3) is 3.55. The predicted molar refractivity (Wildman–Crippen MR) is 118 cm³/mol. The van der Waals surface area contributed by atoms with Crippen LogP contribution in [0.4, 0.5) is 0 Å². The minimum atomic E-state index is 0.125. The van der Waals surface area contributed by atoms with Gasteiger partial charge in [-0.2, -0.15) is 0 Å². The molecule has 0 radical (unpaired) electrons. The second-order valence-electron chi connectivity index (χ2n) is 8.49. The quantitative estimate of drug-likeness (QED) is 0.420. The molecule has 0 unspecified atom stereocenters. The van der Waals surface area contributed by atoms with Crippen molar-refractivity contribution in [2.75, 3.05) is 13.7 Å². The maximum Gasteiger partial charge on any atom is 0.0748 e. The van der Waals surface area contributed by atoms with Crippen LogP contribution in [0, 0.1) is 0 Å². The number of benzene rings is 2. The molecule has 4 rings (SSSR count). The fourth-order valence-electron chi connectivity index (χ4n) is 3.81. The van der Waals surface area contributed by atoms with Crippen LogP contribution in [0.2, 0.25) is 0 Å². The predicted octanol–water partition coefficient (Wildman–Crippen LogP) is 6.26. The molecule has 1 N–H and O–H groups in total. The smallest absolute Gasteiger partial charge is 0.0748 e. The summed E-state index contributed by atoms with van der Waals surface area (Å²) in [6.45, 7) is 7.51. The summed E-state index contributed by atoms with van der Waals surface area (Å²) in [5, 5.41) is 2.43. The second-order valence-corrected chi connectivity index (χ2v) is 8.49. The number of fused-ring (bicyclic) bond motifs is 2. The van der Waals surface area contributed by atoms with Gasteiger partial charge in [0.1, 0.15) is 0 Å². The molecule has 0 bridgehead atoms. The van der Waals surface area contributed by atoms with Crippen LogP contribution >= 0.6 is 0 Å². The van der Waals surface area contributed by atoms with Gasteiger partial charge in [0.2, 0.25) is 0 Å². The van der Waals surface area contributed by atoms with E-state index in [1.165, 1.54) is 27.5 Å². The second kappa shape index (κ2) is 7.40. The Labute approximate surface area is 166 Å². The minimum Gasteiger partial charge on any atom is -0.385 e. The molecule has 0 saturated heterocycles. The lowest BCUT2D eigenvalue weighted by atomic mass is 9.86. The van der Waals surface area contributed by atoms with Crippen LogP contribution in [0.3, 0.4) is 0 Å². The molecule has 0 aliphatic carbocycles. The van der Waals surface area contributed by atoms with E-state index in [0.29, 0.717) is 0 Å². The largest absolute Gasteiger partial charge is 0.385 e. The molecular weight excluding hydrogens is 344 g/mol. The summed E-state index contributed by atoms with van der Waals surface area (Å²) >= 11 is 0. The monoisotopic (exact) mass is 372 g/mol. The minimum absolute atomic E-state index is 0.125. The van der Waals surface area contributed by atoms with E-state index in [9.17, 15) is 0 Å². The number of ether oxygens (including phenoxy) is 1. The molecule has 3 nitrogen and oxygen atoms in total. The first-order valence-electron chi connectivity index (χ1n) is 9.97. The molecule has 28 heavy (non-hydrogen) atoms. The summed E-state index contributed by atoms with van der Waals surface area (Å²) in [5.74, 6) is 0. The van der Waals surface area contributed by atoms with E-state index in [2.05, 4.69) is 74.3 Å². The summed E-state index contributed by atoms with van der Waals surface area (Å²) in [6, 6.07) is 17.5. The van der Waals surface area contributed by atoms with Gasteiger partial charge in [0, 0.05) is 41.8 Å². The van der Waals surface area contributed by atoms with Gasteiger partial charge in [-0.15, -0.1) is 0 Å². The van der Waals surface area contributed by atoms with Crippen molar-refractivity contribution < 1.29 is 4.74 Å². The first-order chi connectivity index (χ1) is 13.5. The highest BCUT2D eigenvalue weighted by atomic mass is 16.5. The lowest BCUT2D eigenvalue weighted by Crippen LogP contribution is -2.10. The van der Waals surface area contributed by atoms with E-state index in [-0.39, 0.29) is 5.41 Å². The number of aromatic amines is 1. The number of nitrogens with zero attached hydrogens (tertiary/aromatic N) is 1. The molecule has 2 aromatic carbocycles. The third-order valence-corrected chi connectivity index (χ3v) is 5.40. The lowest BCUT2D eigenvalue weighted by molar-refractivity contribution is 0.195. The van der Waals surface area contributed by atoms with Gasteiger partial charge in [-0.3, -0.25) is 0 Å². The van der Waals surface area contributed by atoms with Gasteiger partial charge < -0.3 is 9.72 Å². The van der Waals surface area contributed by atoms with E-state index < -0.39 is 0 Å². The number of aromatic nitrogens is 2. The summed E-state index contributed by atoms with van der Waals surface area (Å²) in [4.78, 5) is 8.44. The zero-order valence-corrected chi connectivity index (χ0v) is 17.2. The molecule has 3 heteroatoms. The molecule has 0 aliphatic rings. The Morgan fingerprint density at radius 2 is 1.89 bits per heavy atom. The van der Waals surface area contributed by atoms with Gasteiger partial charge in [-0.05, 0) is 59.7 Å². The lowest BCUT2D eigenvalue weighted by Gasteiger charge is -2.20. The first-order valence-corrected chi connectivity index (χ1v) is 9.97. The van der Waals surface area contributed by atoms with Crippen molar-refractivity contribution in [3.8, 4) is 11.3 Å². The van der Waals surface area contributed by atoms with Crippen LogP contribution in [-0.4, -0.2) is 23.7 Å². The number of H-pyrrole nitrogens is 1. The first kappa shape index (κ1) is 18.7. The molecule has 0 fully saturated rings. The van der Waals surface area contributed by atoms with Gasteiger partial charge in [0.25, 0.3) is 0 Å². The number of pyridine rings is 1. The van der Waals surface area contributed by atoms with Crippen molar-refractivity contribution in [3.63, 3.8) is 0 Å². The fraction of sp³-hybridized carbons (Fsp3) is 0.320. The van der Waals surface area contributed by atoms with E-state index in [1.54, 1.807) is 7.11 Å². The number of methoxy groups -OCH3 is 1. The molecule has 0 amide bonds. The Balaban J connectivity index is 1.90. The summed E-state index contributed by atoms with van der Waals surface area (Å²) in [6.07, 6.45) is 3.93.